The summed E-state index contributed by atoms with van der Waals surface area (Å²) >= 11 is 0. The number of carbonyl (C=O) groups is 1. The zero-order valence-electron chi connectivity index (χ0n) is 10.4. The minimum Gasteiger partial charge on any atom is -0.294 e. The Labute approximate surface area is 97.9 Å². The van der Waals surface area contributed by atoms with E-state index in [1.165, 1.54) is 5.56 Å². The molecule has 84 valence electrons. The first-order valence-corrected chi connectivity index (χ1v) is 9.60. The maximum atomic E-state index is 12.4. The zero-order chi connectivity index (χ0) is 11.7. The van der Waals surface area contributed by atoms with Crippen LogP contribution in [0.5, 0.6) is 0 Å². The number of hydrogen-bond donors (Lipinski definition) is 0. The number of carbonyl (C=O) groups excluding carboxylic acids is 1. The van der Waals surface area contributed by atoms with Crippen molar-refractivity contribution in [3.05, 3.63) is 35.4 Å². The lowest BCUT2D eigenvalue weighted by Gasteiger charge is -2.21. The van der Waals surface area contributed by atoms with E-state index in [0.717, 1.165) is 5.56 Å². The van der Waals surface area contributed by atoms with Crippen molar-refractivity contribution in [3.63, 3.8) is 0 Å². The quantitative estimate of drug-likeness (QED) is 0.672. The number of fused-ring (bicyclic) bond motifs is 3. The van der Waals surface area contributed by atoms with Gasteiger partial charge >= 0.3 is 0 Å². The van der Waals surface area contributed by atoms with E-state index in [2.05, 4.69) is 38.7 Å². The molecule has 2 aliphatic rings. The van der Waals surface area contributed by atoms with E-state index < -0.39 is 8.07 Å². The van der Waals surface area contributed by atoms with Crippen molar-refractivity contribution in [2.24, 2.45) is 5.41 Å². The standard InChI is InChI=1S/C14H18OSi/c1-14-11(13(14)16(2,3)4)9-7-5-6-8-10(9)12(14)15/h5-8,11,13H,1-4H3/t11?,13-,14+/m1/s1. The Morgan fingerprint density at radius 2 is 1.81 bits per heavy atom. The summed E-state index contributed by atoms with van der Waals surface area (Å²) in [5.41, 5.74) is 2.92. The van der Waals surface area contributed by atoms with Gasteiger partial charge in [0.25, 0.3) is 0 Å². The van der Waals surface area contributed by atoms with Crippen molar-refractivity contribution in [2.45, 2.75) is 38.0 Å². The summed E-state index contributed by atoms with van der Waals surface area (Å²) in [5.74, 6) is 0.934. The van der Waals surface area contributed by atoms with Crippen LogP contribution in [0, 0.1) is 5.41 Å². The largest absolute Gasteiger partial charge is 0.294 e. The Hall–Kier alpha value is -0.893. The van der Waals surface area contributed by atoms with Gasteiger partial charge in [-0.05, 0) is 17.0 Å². The summed E-state index contributed by atoms with van der Waals surface area (Å²) in [6.07, 6.45) is 0. The first kappa shape index (κ1) is 10.3. The fraction of sp³-hybridized carbons (Fsp3) is 0.500. The molecule has 0 spiro atoms. The summed E-state index contributed by atoms with van der Waals surface area (Å²) in [4.78, 5) is 12.4. The SMILES string of the molecule is C[C@@]12C(=O)c3ccccc3C1[C@H]2[Si](C)(C)C. The van der Waals surface area contributed by atoms with Gasteiger partial charge in [0.05, 0.1) is 0 Å². The highest BCUT2D eigenvalue weighted by Crippen LogP contribution is 2.77. The number of ketones is 1. The highest BCUT2D eigenvalue weighted by atomic mass is 28.3. The van der Waals surface area contributed by atoms with Crippen molar-refractivity contribution < 1.29 is 4.79 Å². The van der Waals surface area contributed by atoms with Crippen LogP contribution in [0.2, 0.25) is 25.2 Å². The molecule has 2 heteroatoms. The third-order valence-corrected chi connectivity index (χ3v) is 7.28. The number of rotatable bonds is 1. The van der Waals surface area contributed by atoms with Crippen molar-refractivity contribution in [3.8, 4) is 0 Å². The molecular weight excluding hydrogens is 212 g/mol. The first-order chi connectivity index (χ1) is 7.38. The van der Waals surface area contributed by atoms with Gasteiger partial charge in [0, 0.05) is 19.1 Å². The molecule has 1 fully saturated rings. The van der Waals surface area contributed by atoms with E-state index >= 15 is 0 Å². The monoisotopic (exact) mass is 230 g/mol. The van der Waals surface area contributed by atoms with Crippen molar-refractivity contribution in [1.29, 1.82) is 0 Å². The maximum Gasteiger partial charge on any atom is 0.169 e. The molecular formula is C14H18OSi. The first-order valence-electron chi connectivity index (χ1n) is 6.02. The Bertz CT molecular complexity index is 486. The smallest absolute Gasteiger partial charge is 0.169 e. The fourth-order valence-electron chi connectivity index (χ4n) is 3.96. The molecule has 1 nitrogen and oxygen atoms in total. The second-order valence-corrected chi connectivity index (χ2v) is 11.9. The van der Waals surface area contributed by atoms with Gasteiger partial charge in [-0.1, -0.05) is 50.8 Å². The van der Waals surface area contributed by atoms with Crippen LogP contribution in [0.1, 0.15) is 28.8 Å². The summed E-state index contributed by atoms with van der Waals surface area (Å²) in [5, 5.41) is 0. The van der Waals surface area contributed by atoms with Crippen LogP contribution in [-0.4, -0.2) is 13.9 Å². The summed E-state index contributed by atoms with van der Waals surface area (Å²) in [7, 11) is -1.22. The zero-order valence-corrected chi connectivity index (χ0v) is 11.4. The average Bonchev–Trinajstić information content (AvgIpc) is 2.79. The highest BCUT2D eigenvalue weighted by molar-refractivity contribution is 6.79. The minimum absolute atomic E-state index is 0.0475. The van der Waals surface area contributed by atoms with E-state index in [4.69, 9.17) is 0 Å². The van der Waals surface area contributed by atoms with Gasteiger partial charge in [0.15, 0.2) is 5.78 Å². The predicted octanol–water partition coefficient (Wildman–Crippen LogP) is 3.69. The molecule has 0 saturated heterocycles. The lowest BCUT2D eigenvalue weighted by molar-refractivity contribution is 0.0920. The van der Waals surface area contributed by atoms with Crippen molar-refractivity contribution >= 4 is 13.9 Å². The molecule has 0 bridgehead atoms. The molecule has 0 radical (unpaired) electrons. The van der Waals surface area contributed by atoms with Gasteiger partial charge in [-0.15, -0.1) is 0 Å². The molecule has 1 aromatic carbocycles. The number of Topliss-reactive ketones (excluding diaryl/α,β-unsaturated/α-hetero) is 1. The summed E-state index contributed by atoms with van der Waals surface area (Å²) < 4.78 is 0. The van der Waals surface area contributed by atoms with Crippen LogP contribution >= 0.6 is 0 Å². The summed E-state index contributed by atoms with van der Waals surface area (Å²) in [6, 6.07) is 8.20. The molecule has 3 rings (SSSR count). The van der Waals surface area contributed by atoms with Crippen molar-refractivity contribution in [2.75, 3.05) is 0 Å². The molecule has 16 heavy (non-hydrogen) atoms. The molecule has 3 atom stereocenters. The van der Waals surface area contributed by atoms with Crippen LogP contribution in [-0.2, 0) is 0 Å². The second-order valence-electron chi connectivity index (χ2n) is 6.52. The Morgan fingerprint density at radius 1 is 1.19 bits per heavy atom. The molecule has 0 N–H and O–H groups in total. The fourth-order valence-corrected chi connectivity index (χ4v) is 7.50. The molecule has 0 amide bonds. The van der Waals surface area contributed by atoms with E-state index in [1.54, 1.807) is 0 Å². The molecule has 0 heterocycles. The third-order valence-electron chi connectivity index (χ3n) is 4.48. The predicted molar refractivity (Wildman–Crippen MR) is 68.7 cm³/mol. The van der Waals surface area contributed by atoms with Crippen LogP contribution in [0.3, 0.4) is 0 Å². The van der Waals surface area contributed by atoms with Gasteiger partial charge in [-0.2, -0.15) is 0 Å². The number of benzene rings is 1. The molecule has 1 unspecified atom stereocenters. The van der Waals surface area contributed by atoms with Gasteiger partial charge in [-0.3, -0.25) is 4.79 Å². The lowest BCUT2D eigenvalue weighted by Crippen LogP contribution is -2.27. The number of hydrogen-bond acceptors (Lipinski definition) is 1. The second kappa shape index (κ2) is 2.67. The molecule has 2 aliphatic carbocycles. The Kier molecular flexibility index (Phi) is 1.72. The maximum absolute atomic E-state index is 12.4. The van der Waals surface area contributed by atoms with E-state index in [0.29, 0.717) is 17.2 Å². The van der Waals surface area contributed by atoms with Gasteiger partial charge in [0.2, 0.25) is 0 Å². The van der Waals surface area contributed by atoms with Crippen LogP contribution in [0.25, 0.3) is 0 Å². The lowest BCUT2D eigenvalue weighted by atomic mass is 10.0. The van der Waals surface area contributed by atoms with Gasteiger partial charge < -0.3 is 0 Å². The van der Waals surface area contributed by atoms with Crippen molar-refractivity contribution in [1.82, 2.24) is 0 Å². The highest BCUT2D eigenvalue weighted by Gasteiger charge is 2.73. The molecule has 1 aromatic rings. The normalized spacial score (nSPS) is 35.9. The molecule has 0 aromatic heterocycles. The van der Waals surface area contributed by atoms with Crippen LogP contribution in [0.15, 0.2) is 24.3 Å². The van der Waals surface area contributed by atoms with E-state index in [9.17, 15) is 4.79 Å². The van der Waals surface area contributed by atoms with E-state index in [1.807, 2.05) is 12.1 Å². The topological polar surface area (TPSA) is 17.1 Å². The van der Waals surface area contributed by atoms with Crippen LogP contribution < -0.4 is 0 Å². The van der Waals surface area contributed by atoms with E-state index in [-0.39, 0.29) is 5.41 Å². The van der Waals surface area contributed by atoms with Gasteiger partial charge in [-0.25, -0.2) is 0 Å². The van der Waals surface area contributed by atoms with Gasteiger partial charge in [0.1, 0.15) is 0 Å². The third kappa shape index (κ3) is 0.988. The molecule has 1 saturated carbocycles. The van der Waals surface area contributed by atoms with Crippen LogP contribution in [0.4, 0.5) is 0 Å². The average molecular weight is 230 g/mol. The Balaban J connectivity index is 2.13. The summed E-state index contributed by atoms with van der Waals surface area (Å²) in [6.45, 7) is 9.34. The minimum atomic E-state index is -1.22. The Morgan fingerprint density at radius 3 is 2.44 bits per heavy atom. The molecule has 0 aliphatic heterocycles.